The van der Waals surface area contributed by atoms with Crippen molar-refractivity contribution in [2.24, 2.45) is 0 Å². The molecule has 2 heterocycles. The maximum absolute atomic E-state index is 13.4. The second-order valence-corrected chi connectivity index (χ2v) is 8.66. The highest BCUT2D eigenvalue weighted by Crippen LogP contribution is 2.31. The van der Waals surface area contributed by atoms with E-state index in [-0.39, 0.29) is 11.5 Å². The predicted molar refractivity (Wildman–Crippen MR) is 120 cm³/mol. The van der Waals surface area contributed by atoms with Gasteiger partial charge in [0.1, 0.15) is 0 Å². The molecule has 2 aliphatic rings. The molecular formula is C25H31N3O3. The first-order chi connectivity index (χ1) is 15.1. The highest BCUT2D eigenvalue weighted by atomic mass is 16.4. The number of nitrogens with zero attached hydrogens (tertiary/aromatic N) is 3. The summed E-state index contributed by atoms with van der Waals surface area (Å²) in [5.41, 5.74) is 2.63. The molecule has 1 amide bonds. The molecule has 164 valence electrons. The van der Waals surface area contributed by atoms with Gasteiger partial charge in [-0.05, 0) is 68.1 Å². The SMILES string of the molecule is O=C(O)c1ccc2c(c1)CN(C1CCC1)CCCCCCCN2C(=O)c1ccncc1. The molecule has 31 heavy (non-hydrogen) atoms. The number of carboxylic acids is 1. The van der Waals surface area contributed by atoms with Gasteiger partial charge in [0.05, 0.1) is 5.56 Å². The zero-order chi connectivity index (χ0) is 21.6. The van der Waals surface area contributed by atoms with E-state index < -0.39 is 5.97 Å². The third-order valence-corrected chi connectivity index (χ3v) is 6.58. The summed E-state index contributed by atoms with van der Waals surface area (Å²) in [6.45, 7) is 2.34. The first-order valence-electron chi connectivity index (χ1n) is 11.5. The van der Waals surface area contributed by atoms with Crippen LogP contribution in [0.4, 0.5) is 5.69 Å². The van der Waals surface area contributed by atoms with Crippen molar-refractivity contribution in [3.8, 4) is 0 Å². The second kappa shape index (κ2) is 10.1. The van der Waals surface area contributed by atoms with Crippen LogP contribution in [0.1, 0.15) is 77.6 Å². The number of benzene rings is 1. The van der Waals surface area contributed by atoms with Gasteiger partial charge in [0.15, 0.2) is 0 Å². The van der Waals surface area contributed by atoms with Crippen LogP contribution in [0.3, 0.4) is 0 Å². The topological polar surface area (TPSA) is 73.7 Å². The van der Waals surface area contributed by atoms with E-state index in [1.54, 1.807) is 36.7 Å². The minimum atomic E-state index is -0.934. The first kappa shape index (κ1) is 21.5. The molecule has 0 unspecified atom stereocenters. The summed E-state index contributed by atoms with van der Waals surface area (Å²) in [6.07, 6.45) is 12.5. The molecule has 1 aliphatic carbocycles. The van der Waals surface area contributed by atoms with Crippen molar-refractivity contribution in [2.75, 3.05) is 18.0 Å². The Kier molecular flexibility index (Phi) is 6.97. The van der Waals surface area contributed by atoms with Crippen LogP contribution in [0.5, 0.6) is 0 Å². The molecule has 1 aliphatic heterocycles. The number of aromatic carboxylic acids is 1. The van der Waals surface area contributed by atoms with Crippen molar-refractivity contribution >= 4 is 17.6 Å². The molecule has 1 aromatic heterocycles. The van der Waals surface area contributed by atoms with E-state index in [1.165, 1.54) is 38.5 Å². The van der Waals surface area contributed by atoms with E-state index in [9.17, 15) is 14.7 Å². The fourth-order valence-corrected chi connectivity index (χ4v) is 4.57. The molecule has 1 fully saturated rings. The Hall–Kier alpha value is -2.73. The van der Waals surface area contributed by atoms with Gasteiger partial charge in [0.25, 0.3) is 5.91 Å². The lowest BCUT2D eigenvalue weighted by atomic mass is 9.90. The lowest BCUT2D eigenvalue weighted by molar-refractivity contribution is 0.0696. The minimum absolute atomic E-state index is 0.0565. The van der Waals surface area contributed by atoms with E-state index in [0.29, 0.717) is 24.7 Å². The second-order valence-electron chi connectivity index (χ2n) is 8.66. The Balaban J connectivity index is 1.74. The van der Waals surface area contributed by atoms with Gasteiger partial charge in [-0.15, -0.1) is 0 Å². The molecule has 1 saturated carbocycles. The number of pyridine rings is 1. The molecule has 6 nitrogen and oxygen atoms in total. The van der Waals surface area contributed by atoms with E-state index in [4.69, 9.17) is 0 Å². The molecule has 4 rings (SSSR count). The maximum atomic E-state index is 13.4. The Bertz CT molecular complexity index is 911. The molecule has 1 aromatic carbocycles. The summed E-state index contributed by atoms with van der Waals surface area (Å²) in [4.78, 5) is 33.5. The highest BCUT2D eigenvalue weighted by molar-refractivity contribution is 6.06. The first-order valence-corrected chi connectivity index (χ1v) is 11.5. The average molecular weight is 422 g/mol. The number of hydrogen-bond donors (Lipinski definition) is 1. The van der Waals surface area contributed by atoms with Crippen molar-refractivity contribution < 1.29 is 14.7 Å². The van der Waals surface area contributed by atoms with Crippen LogP contribution in [0.2, 0.25) is 0 Å². The predicted octanol–water partition coefficient (Wildman–Crippen LogP) is 4.75. The number of carbonyl (C=O) groups excluding carboxylic acids is 1. The quantitative estimate of drug-likeness (QED) is 0.774. The van der Waals surface area contributed by atoms with Gasteiger partial charge in [-0.25, -0.2) is 4.79 Å². The molecule has 0 atom stereocenters. The molecule has 1 N–H and O–H groups in total. The molecule has 2 aromatic rings. The largest absolute Gasteiger partial charge is 0.478 e. The van der Waals surface area contributed by atoms with Gasteiger partial charge in [0, 0.05) is 42.8 Å². The van der Waals surface area contributed by atoms with E-state index in [1.807, 2.05) is 11.0 Å². The zero-order valence-electron chi connectivity index (χ0n) is 18.0. The maximum Gasteiger partial charge on any atom is 0.335 e. The Morgan fingerprint density at radius 2 is 1.58 bits per heavy atom. The van der Waals surface area contributed by atoms with Gasteiger partial charge in [0.2, 0.25) is 0 Å². The van der Waals surface area contributed by atoms with Crippen LogP contribution in [-0.2, 0) is 6.54 Å². The van der Waals surface area contributed by atoms with Gasteiger partial charge in [-0.1, -0.05) is 25.7 Å². The van der Waals surface area contributed by atoms with Crippen LogP contribution < -0.4 is 4.90 Å². The Morgan fingerprint density at radius 1 is 0.871 bits per heavy atom. The van der Waals surface area contributed by atoms with Crippen molar-refractivity contribution in [3.63, 3.8) is 0 Å². The summed E-state index contributed by atoms with van der Waals surface area (Å²) in [7, 11) is 0. The fourth-order valence-electron chi connectivity index (χ4n) is 4.57. The zero-order valence-corrected chi connectivity index (χ0v) is 18.0. The molecule has 0 spiro atoms. The number of fused-ring (bicyclic) bond motifs is 1. The van der Waals surface area contributed by atoms with Crippen molar-refractivity contribution in [3.05, 3.63) is 59.4 Å². The summed E-state index contributed by atoms with van der Waals surface area (Å²) in [5, 5.41) is 9.58. The van der Waals surface area contributed by atoms with E-state index in [0.717, 1.165) is 30.6 Å². The minimum Gasteiger partial charge on any atom is -0.478 e. The summed E-state index contributed by atoms with van der Waals surface area (Å²) in [5.74, 6) is -0.991. The van der Waals surface area contributed by atoms with Crippen LogP contribution in [0.25, 0.3) is 0 Å². The Labute approximate surface area is 183 Å². The summed E-state index contributed by atoms with van der Waals surface area (Å²) >= 11 is 0. The van der Waals surface area contributed by atoms with Crippen LogP contribution in [-0.4, -0.2) is 46.0 Å². The third-order valence-electron chi connectivity index (χ3n) is 6.58. The summed E-state index contributed by atoms with van der Waals surface area (Å²) in [6, 6.07) is 9.25. The molecule has 0 bridgehead atoms. The molecule has 0 saturated heterocycles. The van der Waals surface area contributed by atoms with Crippen molar-refractivity contribution in [2.45, 2.75) is 64.0 Å². The van der Waals surface area contributed by atoms with Gasteiger partial charge < -0.3 is 10.0 Å². The number of carbonyl (C=O) groups is 2. The fraction of sp³-hybridized carbons (Fsp3) is 0.480. The molecular weight excluding hydrogens is 390 g/mol. The lowest BCUT2D eigenvalue weighted by Gasteiger charge is -2.39. The van der Waals surface area contributed by atoms with Crippen molar-refractivity contribution in [1.82, 2.24) is 9.88 Å². The van der Waals surface area contributed by atoms with Gasteiger partial charge in [-0.2, -0.15) is 0 Å². The van der Waals surface area contributed by atoms with Crippen LogP contribution >= 0.6 is 0 Å². The normalized spacial score (nSPS) is 18.9. The van der Waals surface area contributed by atoms with Gasteiger partial charge >= 0.3 is 5.97 Å². The van der Waals surface area contributed by atoms with Crippen LogP contribution in [0.15, 0.2) is 42.7 Å². The summed E-state index contributed by atoms with van der Waals surface area (Å²) < 4.78 is 0. The number of anilines is 1. The van der Waals surface area contributed by atoms with E-state index >= 15 is 0 Å². The monoisotopic (exact) mass is 421 g/mol. The van der Waals surface area contributed by atoms with Gasteiger partial charge in [-0.3, -0.25) is 14.7 Å². The number of rotatable bonds is 3. The average Bonchev–Trinajstić information content (AvgIpc) is 2.74. The third kappa shape index (κ3) is 5.13. The number of amides is 1. The number of carboxylic acid groups (broad SMARTS) is 1. The highest BCUT2D eigenvalue weighted by Gasteiger charge is 2.28. The number of hydrogen-bond acceptors (Lipinski definition) is 4. The standard InChI is InChI=1S/C25H31N3O3/c29-24(19-11-13-26-14-12-19)28-16-5-3-1-2-4-15-27(22-7-6-8-22)18-21-17-20(25(30)31)9-10-23(21)28/h9-14,17,22H,1-8,15-16,18H2,(H,30,31). The lowest BCUT2D eigenvalue weighted by Crippen LogP contribution is -2.41. The smallest absolute Gasteiger partial charge is 0.335 e. The number of aromatic nitrogens is 1. The molecule has 6 heteroatoms. The van der Waals surface area contributed by atoms with E-state index in [2.05, 4.69) is 9.88 Å². The van der Waals surface area contributed by atoms with Crippen molar-refractivity contribution in [1.29, 1.82) is 0 Å². The van der Waals surface area contributed by atoms with Crippen LogP contribution in [0, 0.1) is 0 Å². The Morgan fingerprint density at radius 3 is 2.26 bits per heavy atom. The molecule has 0 radical (unpaired) electrons.